The molecule has 3 rings (SSSR count). The molecule has 0 spiro atoms. The summed E-state index contributed by atoms with van der Waals surface area (Å²) in [4.78, 5) is 17.0. The minimum Gasteiger partial charge on any atom is -0.496 e. The number of carbonyl (C=O) groups excluding carboxylic acids is 1. The third-order valence-corrected chi connectivity index (χ3v) is 5.11. The minimum absolute atomic E-state index is 0.0912. The lowest BCUT2D eigenvalue weighted by Crippen LogP contribution is -2.56. The van der Waals surface area contributed by atoms with Crippen LogP contribution in [0.5, 0.6) is 5.75 Å². The van der Waals surface area contributed by atoms with Crippen molar-refractivity contribution in [1.29, 1.82) is 0 Å². The first-order valence-electron chi connectivity index (χ1n) is 10.5. The van der Waals surface area contributed by atoms with Crippen molar-refractivity contribution in [2.75, 3.05) is 31.6 Å². The molecule has 1 aliphatic rings. The summed E-state index contributed by atoms with van der Waals surface area (Å²) in [5.41, 5.74) is 1.43. The van der Waals surface area contributed by atoms with Gasteiger partial charge in [0, 0.05) is 37.5 Å². The van der Waals surface area contributed by atoms with E-state index in [0.717, 1.165) is 36.5 Å². The molecule has 1 saturated heterocycles. The Balaban J connectivity index is 1.80. The highest BCUT2D eigenvalue weighted by Crippen LogP contribution is 2.34. The summed E-state index contributed by atoms with van der Waals surface area (Å²) in [6.07, 6.45) is 2.31. The van der Waals surface area contributed by atoms with Gasteiger partial charge in [0.2, 0.25) is 0 Å². The molecule has 0 saturated carbocycles. The molecular weight excluding hydrogens is 382 g/mol. The van der Waals surface area contributed by atoms with Crippen LogP contribution in [0.3, 0.4) is 0 Å². The second kappa shape index (κ2) is 8.98. The fourth-order valence-electron chi connectivity index (χ4n) is 3.83. The number of carbonyl (C=O) groups is 1. The zero-order valence-corrected chi connectivity index (χ0v) is 18.8. The summed E-state index contributed by atoms with van der Waals surface area (Å²) in [6, 6.07) is 7.99. The van der Waals surface area contributed by atoms with E-state index in [2.05, 4.69) is 30.0 Å². The summed E-state index contributed by atoms with van der Waals surface area (Å²) in [6.45, 7) is 12.2. The molecule has 1 aliphatic heterocycles. The van der Waals surface area contributed by atoms with E-state index in [1.807, 2.05) is 43.9 Å². The number of nitrogens with zero attached hydrogens (tertiary/aromatic N) is 3. The SMILES string of the molecule is COc1cc(N2CCN(C(=O)OC(C)(C)C)C(CC(C)C)C2)ccc1-c1ccno1. The highest BCUT2D eigenvalue weighted by Gasteiger charge is 2.34. The zero-order chi connectivity index (χ0) is 21.9. The van der Waals surface area contributed by atoms with Gasteiger partial charge in [0.1, 0.15) is 11.4 Å². The molecule has 164 valence electrons. The fraction of sp³-hybridized carbons (Fsp3) is 0.565. The van der Waals surface area contributed by atoms with E-state index in [1.165, 1.54) is 0 Å². The van der Waals surface area contributed by atoms with Gasteiger partial charge in [-0.25, -0.2) is 4.79 Å². The molecule has 2 heterocycles. The number of amides is 1. The molecule has 0 bridgehead atoms. The highest BCUT2D eigenvalue weighted by atomic mass is 16.6. The van der Waals surface area contributed by atoms with Gasteiger partial charge in [-0.05, 0) is 45.2 Å². The van der Waals surface area contributed by atoms with E-state index in [4.69, 9.17) is 14.0 Å². The van der Waals surface area contributed by atoms with Crippen LogP contribution in [0.4, 0.5) is 10.5 Å². The van der Waals surface area contributed by atoms with E-state index >= 15 is 0 Å². The second-order valence-corrected chi connectivity index (χ2v) is 9.16. The molecule has 0 N–H and O–H groups in total. The van der Waals surface area contributed by atoms with Crippen LogP contribution >= 0.6 is 0 Å². The van der Waals surface area contributed by atoms with Crippen LogP contribution in [0.15, 0.2) is 35.0 Å². The van der Waals surface area contributed by atoms with Crippen molar-refractivity contribution in [3.8, 4) is 17.1 Å². The number of ether oxygens (including phenoxy) is 2. The first-order chi connectivity index (χ1) is 14.2. The predicted octanol–water partition coefficient (Wildman–Crippen LogP) is 4.82. The minimum atomic E-state index is -0.499. The Labute approximate surface area is 178 Å². The van der Waals surface area contributed by atoms with E-state index in [9.17, 15) is 4.79 Å². The lowest BCUT2D eigenvalue weighted by Gasteiger charge is -2.43. The number of methoxy groups -OCH3 is 1. The zero-order valence-electron chi connectivity index (χ0n) is 18.8. The molecule has 2 aromatic rings. The normalized spacial score (nSPS) is 17.4. The van der Waals surface area contributed by atoms with Crippen LogP contribution in [0, 0.1) is 5.92 Å². The van der Waals surface area contributed by atoms with Crippen molar-refractivity contribution >= 4 is 11.8 Å². The number of hydrogen-bond acceptors (Lipinski definition) is 6. The fourth-order valence-corrected chi connectivity index (χ4v) is 3.83. The number of anilines is 1. The topological polar surface area (TPSA) is 68.0 Å². The van der Waals surface area contributed by atoms with E-state index < -0.39 is 5.60 Å². The van der Waals surface area contributed by atoms with Gasteiger partial charge in [-0.3, -0.25) is 0 Å². The van der Waals surface area contributed by atoms with Gasteiger partial charge in [-0.15, -0.1) is 0 Å². The molecule has 1 aromatic heterocycles. The third kappa shape index (κ3) is 5.26. The van der Waals surface area contributed by atoms with Crippen molar-refractivity contribution in [1.82, 2.24) is 10.1 Å². The standard InChI is InChI=1S/C23H33N3O4/c1-16(2)13-18-15-25(11-12-26(18)22(27)29-23(3,4)5)17-7-8-19(21(14-17)28-6)20-9-10-24-30-20/h7-10,14,16,18H,11-13,15H2,1-6H3. The summed E-state index contributed by atoms with van der Waals surface area (Å²) in [5.74, 6) is 1.88. The first kappa shape index (κ1) is 22.0. The van der Waals surface area contributed by atoms with Crippen LogP contribution in [0.1, 0.15) is 41.0 Å². The number of aromatic nitrogens is 1. The maximum absolute atomic E-state index is 12.8. The Bertz CT molecular complexity index is 843. The summed E-state index contributed by atoms with van der Waals surface area (Å²) < 4.78 is 16.5. The average Bonchev–Trinajstić information content (AvgIpc) is 3.20. The lowest BCUT2D eigenvalue weighted by atomic mass is 9.99. The van der Waals surface area contributed by atoms with Gasteiger partial charge >= 0.3 is 6.09 Å². The van der Waals surface area contributed by atoms with Crippen molar-refractivity contribution in [2.45, 2.75) is 52.7 Å². The van der Waals surface area contributed by atoms with Crippen LogP contribution in [0.25, 0.3) is 11.3 Å². The van der Waals surface area contributed by atoms with Crippen LogP contribution in [0.2, 0.25) is 0 Å². The van der Waals surface area contributed by atoms with Gasteiger partial charge in [0.25, 0.3) is 0 Å². The molecular formula is C23H33N3O4. The van der Waals surface area contributed by atoms with Gasteiger partial charge in [-0.1, -0.05) is 19.0 Å². The molecule has 1 aromatic carbocycles. The maximum atomic E-state index is 12.8. The van der Waals surface area contributed by atoms with E-state index in [-0.39, 0.29) is 12.1 Å². The summed E-state index contributed by atoms with van der Waals surface area (Å²) in [5, 5.41) is 3.78. The van der Waals surface area contributed by atoms with E-state index in [0.29, 0.717) is 18.2 Å². The number of piperazine rings is 1. The van der Waals surface area contributed by atoms with Crippen molar-refractivity contribution in [2.24, 2.45) is 5.92 Å². The Hall–Kier alpha value is -2.70. The number of benzene rings is 1. The Morgan fingerprint density at radius 3 is 2.63 bits per heavy atom. The smallest absolute Gasteiger partial charge is 0.410 e. The van der Waals surface area contributed by atoms with Gasteiger partial charge in [-0.2, -0.15) is 0 Å². The molecule has 1 fully saturated rings. The monoisotopic (exact) mass is 415 g/mol. The Morgan fingerprint density at radius 2 is 2.03 bits per heavy atom. The van der Waals surface area contributed by atoms with Crippen LogP contribution in [-0.4, -0.2) is 54.5 Å². The second-order valence-electron chi connectivity index (χ2n) is 9.16. The predicted molar refractivity (Wildman–Crippen MR) is 117 cm³/mol. The first-order valence-corrected chi connectivity index (χ1v) is 10.5. The average molecular weight is 416 g/mol. The van der Waals surface area contributed by atoms with Gasteiger partial charge in [0.05, 0.1) is 24.9 Å². The molecule has 7 nitrogen and oxygen atoms in total. The van der Waals surface area contributed by atoms with Crippen molar-refractivity contribution in [3.63, 3.8) is 0 Å². The summed E-state index contributed by atoms with van der Waals surface area (Å²) in [7, 11) is 1.65. The number of rotatable bonds is 5. The Morgan fingerprint density at radius 1 is 1.27 bits per heavy atom. The Kier molecular flexibility index (Phi) is 6.58. The third-order valence-electron chi connectivity index (χ3n) is 5.11. The quantitative estimate of drug-likeness (QED) is 0.697. The van der Waals surface area contributed by atoms with Crippen molar-refractivity contribution < 1.29 is 18.8 Å². The van der Waals surface area contributed by atoms with Crippen LogP contribution < -0.4 is 9.64 Å². The highest BCUT2D eigenvalue weighted by molar-refractivity contribution is 5.71. The lowest BCUT2D eigenvalue weighted by molar-refractivity contribution is 0.0120. The van der Waals surface area contributed by atoms with Gasteiger partial charge < -0.3 is 23.8 Å². The molecule has 1 unspecified atom stereocenters. The molecule has 1 amide bonds. The van der Waals surface area contributed by atoms with Gasteiger partial charge in [0.15, 0.2) is 5.76 Å². The molecule has 0 aliphatic carbocycles. The molecule has 1 atom stereocenters. The van der Waals surface area contributed by atoms with Crippen molar-refractivity contribution in [3.05, 3.63) is 30.5 Å². The van der Waals surface area contributed by atoms with Crippen LogP contribution in [-0.2, 0) is 4.74 Å². The summed E-state index contributed by atoms with van der Waals surface area (Å²) >= 11 is 0. The molecule has 30 heavy (non-hydrogen) atoms. The van der Waals surface area contributed by atoms with E-state index in [1.54, 1.807) is 13.3 Å². The largest absolute Gasteiger partial charge is 0.496 e. The molecule has 7 heteroatoms. The maximum Gasteiger partial charge on any atom is 0.410 e. The molecule has 0 radical (unpaired) electrons. The number of hydrogen-bond donors (Lipinski definition) is 0.